The summed E-state index contributed by atoms with van der Waals surface area (Å²) in [6, 6.07) is 22.6. The normalized spacial score (nSPS) is 12.1. The minimum atomic E-state index is -1.11. The molecule has 0 aliphatic carbocycles. The molecule has 210 valence electrons. The monoisotopic (exact) mass is 574 g/mol. The Labute approximate surface area is 240 Å². The molecule has 1 atom stereocenters. The second kappa shape index (κ2) is 13.6. The summed E-state index contributed by atoms with van der Waals surface area (Å²) in [7, 11) is 0. The molecule has 0 bridgehead atoms. The van der Waals surface area contributed by atoms with Crippen LogP contribution in [0.25, 0.3) is 10.8 Å². The van der Waals surface area contributed by atoms with Gasteiger partial charge in [0.15, 0.2) is 11.5 Å². The average molecular weight is 575 g/mol. The number of amides is 2. The molecule has 1 unspecified atom stereocenters. The first-order chi connectivity index (χ1) is 19.7. The fraction of sp³-hybridized carbons (Fsp3) is 0.133. The van der Waals surface area contributed by atoms with Gasteiger partial charge in [0.1, 0.15) is 5.75 Å². The van der Waals surface area contributed by atoms with Crippen LogP contribution in [0.4, 0.5) is 11.4 Å². The Kier molecular flexibility index (Phi) is 9.77. The number of anilines is 1. The first kappa shape index (κ1) is 29.4. The molecule has 0 aromatic heterocycles. The minimum Gasteiger partial charge on any atom is -0.595 e. The first-order valence-corrected chi connectivity index (χ1v) is 13.1. The maximum atomic E-state index is 12.9. The molecule has 0 radical (unpaired) electrons. The van der Waals surface area contributed by atoms with Crippen LogP contribution in [0, 0.1) is 5.21 Å². The van der Waals surface area contributed by atoms with Gasteiger partial charge in [-0.15, -0.1) is 0 Å². The summed E-state index contributed by atoms with van der Waals surface area (Å²) in [5.41, 5.74) is 3.60. The quantitative estimate of drug-likeness (QED) is 0.0987. The number of phenolic OH excluding ortho intramolecular Hbond substituents is 1. The number of phenols is 1. The van der Waals surface area contributed by atoms with Crippen LogP contribution in [-0.4, -0.2) is 33.6 Å². The van der Waals surface area contributed by atoms with Crippen molar-refractivity contribution in [1.29, 1.82) is 0 Å². The van der Waals surface area contributed by atoms with Crippen molar-refractivity contribution in [2.45, 2.75) is 25.7 Å². The SMILES string of the molecule is O=C(CCC/C(CC(=O)c1ccc(Cl)cc1)=N\NC(=O)c1cc2ccccc2cc1O)Nc1cccc([NH+]([O-])O)c1. The molecule has 0 fully saturated rings. The summed E-state index contributed by atoms with van der Waals surface area (Å²) in [5.74, 6) is -1.46. The summed E-state index contributed by atoms with van der Waals surface area (Å²) in [5, 5.41) is 38.4. The van der Waals surface area contributed by atoms with E-state index in [0.29, 0.717) is 28.4 Å². The van der Waals surface area contributed by atoms with Crippen LogP contribution in [0.3, 0.4) is 0 Å². The molecule has 41 heavy (non-hydrogen) atoms. The van der Waals surface area contributed by atoms with Gasteiger partial charge in [-0.25, -0.2) is 10.6 Å². The molecule has 0 aliphatic rings. The molecule has 0 saturated heterocycles. The number of nitrogens with zero attached hydrogens (tertiary/aromatic N) is 1. The molecule has 11 heteroatoms. The van der Waals surface area contributed by atoms with E-state index in [1.165, 1.54) is 24.3 Å². The summed E-state index contributed by atoms with van der Waals surface area (Å²) in [6.45, 7) is 0. The van der Waals surface area contributed by atoms with Crippen LogP contribution in [-0.2, 0) is 4.79 Å². The van der Waals surface area contributed by atoms with Gasteiger partial charge < -0.3 is 15.6 Å². The Morgan fingerprint density at radius 2 is 1.61 bits per heavy atom. The summed E-state index contributed by atoms with van der Waals surface area (Å²) in [4.78, 5) is 38.3. The van der Waals surface area contributed by atoms with Gasteiger partial charge in [0, 0.05) is 40.5 Å². The standard InChI is InChI=1S/C30H27ClN4O6/c31-22-13-11-19(12-14-22)27(36)18-24(8-4-10-29(38)32-23-7-3-9-25(17-23)35(40)41)33-34-30(39)26-15-20-5-1-2-6-21(20)16-28(26)37/h1-3,5-7,9,11-17,35,37,40H,4,8,10,18H2,(H,32,38)(H,34,39)/b33-24+. The summed E-state index contributed by atoms with van der Waals surface area (Å²) >= 11 is 5.92. The van der Waals surface area contributed by atoms with Crippen LogP contribution >= 0.6 is 11.6 Å². The molecule has 4 aromatic carbocycles. The Hall–Kier alpha value is -4.61. The van der Waals surface area contributed by atoms with E-state index in [2.05, 4.69) is 15.8 Å². The van der Waals surface area contributed by atoms with Crippen molar-refractivity contribution in [1.82, 2.24) is 5.43 Å². The third-order valence-corrected chi connectivity index (χ3v) is 6.47. The molecule has 0 saturated carbocycles. The van der Waals surface area contributed by atoms with Crippen LogP contribution in [0.5, 0.6) is 5.75 Å². The van der Waals surface area contributed by atoms with Crippen molar-refractivity contribution >= 4 is 57.1 Å². The van der Waals surface area contributed by atoms with E-state index in [4.69, 9.17) is 16.8 Å². The topological polar surface area (TPSA) is 156 Å². The number of nitrogens with one attached hydrogen (secondary N) is 3. The van der Waals surface area contributed by atoms with Crippen LogP contribution < -0.4 is 16.0 Å². The van der Waals surface area contributed by atoms with E-state index in [1.807, 2.05) is 24.3 Å². The molecular formula is C30H27ClN4O6. The van der Waals surface area contributed by atoms with E-state index in [1.54, 1.807) is 36.4 Å². The van der Waals surface area contributed by atoms with Gasteiger partial charge in [-0.1, -0.05) is 41.9 Å². The fourth-order valence-corrected chi connectivity index (χ4v) is 4.24. The lowest BCUT2D eigenvalue weighted by Crippen LogP contribution is -2.99. The molecule has 4 aromatic rings. The van der Waals surface area contributed by atoms with Crippen LogP contribution in [0.15, 0.2) is 90.0 Å². The maximum Gasteiger partial charge on any atom is 0.275 e. The van der Waals surface area contributed by atoms with Crippen molar-refractivity contribution in [2.75, 3.05) is 5.32 Å². The predicted octanol–water partition coefficient (Wildman–Crippen LogP) is 4.77. The number of benzene rings is 4. The number of hydrazone groups is 1. The number of fused-ring (bicyclic) bond motifs is 1. The van der Waals surface area contributed by atoms with Crippen LogP contribution in [0.1, 0.15) is 46.4 Å². The van der Waals surface area contributed by atoms with Crippen molar-refractivity contribution in [3.63, 3.8) is 0 Å². The highest BCUT2D eigenvalue weighted by Gasteiger charge is 2.15. The smallest absolute Gasteiger partial charge is 0.275 e. The molecule has 10 nitrogen and oxygen atoms in total. The van der Waals surface area contributed by atoms with Crippen molar-refractivity contribution < 1.29 is 29.9 Å². The maximum absolute atomic E-state index is 12.9. The lowest BCUT2D eigenvalue weighted by molar-refractivity contribution is -0.991. The lowest BCUT2D eigenvalue weighted by Gasteiger charge is -2.13. The third kappa shape index (κ3) is 8.19. The molecule has 2 amide bonds. The van der Waals surface area contributed by atoms with E-state index in [-0.39, 0.29) is 48.0 Å². The Morgan fingerprint density at radius 1 is 0.902 bits per heavy atom. The number of rotatable bonds is 11. The Balaban J connectivity index is 1.44. The third-order valence-electron chi connectivity index (χ3n) is 6.22. The van der Waals surface area contributed by atoms with Gasteiger partial charge in [-0.3, -0.25) is 14.4 Å². The van der Waals surface area contributed by atoms with E-state index in [9.17, 15) is 24.7 Å². The molecule has 0 spiro atoms. The molecule has 4 rings (SSSR count). The molecular weight excluding hydrogens is 548 g/mol. The van der Waals surface area contributed by atoms with E-state index < -0.39 is 11.1 Å². The van der Waals surface area contributed by atoms with Crippen molar-refractivity contribution in [2.24, 2.45) is 5.10 Å². The minimum absolute atomic E-state index is 0.0267. The highest BCUT2D eigenvalue weighted by atomic mass is 35.5. The number of Topliss-reactive ketones (excluding diaryl/α,β-unsaturated/α-hetero) is 1. The summed E-state index contributed by atoms with van der Waals surface area (Å²) < 4.78 is 0. The number of hydrogen-bond donors (Lipinski definition) is 5. The summed E-state index contributed by atoms with van der Waals surface area (Å²) in [6.07, 6.45) is 0.457. The second-order valence-corrected chi connectivity index (χ2v) is 9.67. The second-order valence-electron chi connectivity index (χ2n) is 9.23. The van der Waals surface area contributed by atoms with E-state index >= 15 is 0 Å². The molecule has 0 aliphatic heterocycles. The highest BCUT2D eigenvalue weighted by Crippen LogP contribution is 2.25. The zero-order valence-electron chi connectivity index (χ0n) is 21.8. The zero-order valence-corrected chi connectivity index (χ0v) is 22.5. The lowest BCUT2D eigenvalue weighted by atomic mass is 10.0. The van der Waals surface area contributed by atoms with Crippen molar-refractivity contribution in [3.05, 3.63) is 106 Å². The molecule has 0 heterocycles. The van der Waals surface area contributed by atoms with Crippen LogP contribution in [0.2, 0.25) is 5.02 Å². The van der Waals surface area contributed by atoms with Gasteiger partial charge in [0.25, 0.3) is 5.91 Å². The van der Waals surface area contributed by atoms with Gasteiger partial charge >= 0.3 is 0 Å². The predicted molar refractivity (Wildman–Crippen MR) is 156 cm³/mol. The number of carbonyl (C=O) groups excluding carboxylic acids is 3. The van der Waals surface area contributed by atoms with Crippen molar-refractivity contribution in [3.8, 4) is 5.75 Å². The number of quaternary nitrogens is 1. The number of hydrogen-bond acceptors (Lipinski definition) is 7. The largest absolute Gasteiger partial charge is 0.595 e. The van der Waals surface area contributed by atoms with Gasteiger partial charge in [-0.2, -0.15) is 10.3 Å². The number of halogens is 1. The Bertz CT molecular complexity index is 1600. The number of ketones is 1. The molecule has 5 N–H and O–H groups in total. The number of carbonyl (C=O) groups is 3. The highest BCUT2D eigenvalue weighted by molar-refractivity contribution is 6.30. The van der Waals surface area contributed by atoms with Gasteiger partial charge in [0.2, 0.25) is 5.91 Å². The van der Waals surface area contributed by atoms with E-state index in [0.717, 1.165) is 10.8 Å². The Morgan fingerprint density at radius 3 is 2.32 bits per heavy atom. The zero-order chi connectivity index (χ0) is 29.4. The first-order valence-electron chi connectivity index (χ1n) is 12.7. The fourth-order valence-electron chi connectivity index (χ4n) is 4.11. The average Bonchev–Trinajstić information content (AvgIpc) is 2.95. The van der Waals surface area contributed by atoms with Gasteiger partial charge in [-0.05, 0) is 66.1 Å². The number of aromatic hydroxyl groups is 1. The van der Waals surface area contributed by atoms with Gasteiger partial charge in [0.05, 0.1) is 12.0 Å².